The molecular formula is C21H22N2O3. The first-order chi connectivity index (χ1) is 12.4. The Bertz CT molecular complexity index is 919. The van der Waals surface area contributed by atoms with Crippen molar-refractivity contribution < 1.29 is 14.3 Å². The lowest BCUT2D eigenvalue weighted by molar-refractivity contribution is -0.115. The van der Waals surface area contributed by atoms with Crippen LogP contribution in [0.25, 0.3) is 6.08 Å². The Morgan fingerprint density at radius 1 is 0.962 bits per heavy atom. The lowest BCUT2D eigenvalue weighted by Gasteiger charge is -2.09. The second kappa shape index (κ2) is 7.04. The van der Waals surface area contributed by atoms with Gasteiger partial charge in [-0.25, -0.2) is 4.99 Å². The Morgan fingerprint density at radius 3 is 2.23 bits per heavy atom. The molecule has 0 saturated heterocycles. The third-order valence-electron chi connectivity index (χ3n) is 4.37. The van der Waals surface area contributed by atoms with Gasteiger partial charge in [0.15, 0.2) is 11.5 Å². The van der Waals surface area contributed by atoms with Crippen molar-refractivity contribution >= 4 is 17.8 Å². The van der Waals surface area contributed by atoms with Crippen LogP contribution in [0.2, 0.25) is 0 Å². The second-order valence-corrected chi connectivity index (χ2v) is 6.33. The molecule has 1 N–H and O–H groups in total. The maximum Gasteiger partial charge on any atom is 0.275 e. The fourth-order valence-electron chi connectivity index (χ4n) is 3.14. The van der Waals surface area contributed by atoms with Crippen molar-refractivity contribution in [2.45, 2.75) is 20.8 Å². The average molecular weight is 350 g/mol. The fraction of sp³-hybridized carbons (Fsp3) is 0.238. The molecular weight excluding hydrogens is 328 g/mol. The third-order valence-corrected chi connectivity index (χ3v) is 4.37. The smallest absolute Gasteiger partial charge is 0.275 e. The Labute approximate surface area is 153 Å². The van der Waals surface area contributed by atoms with Crippen LogP contribution in [-0.4, -0.2) is 26.0 Å². The van der Waals surface area contributed by atoms with Crippen molar-refractivity contribution in [3.8, 4) is 11.5 Å². The summed E-state index contributed by atoms with van der Waals surface area (Å²) in [6.45, 7) is 6.14. The van der Waals surface area contributed by atoms with Crippen molar-refractivity contribution in [2.75, 3.05) is 14.2 Å². The first-order valence-corrected chi connectivity index (χ1v) is 8.35. The van der Waals surface area contributed by atoms with Gasteiger partial charge in [0.25, 0.3) is 5.91 Å². The van der Waals surface area contributed by atoms with E-state index in [9.17, 15) is 4.79 Å². The number of nitrogens with one attached hydrogen (secondary N) is 1. The molecule has 0 aliphatic carbocycles. The van der Waals surface area contributed by atoms with Gasteiger partial charge in [0.05, 0.1) is 14.2 Å². The van der Waals surface area contributed by atoms with Crippen LogP contribution in [0.3, 0.4) is 0 Å². The number of aliphatic imine (C=N–C) groups is 1. The van der Waals surface area contributed by atoms with E-state index in [1.54, 1.807) is 26.4 Å². The zero-order valence-electron chi connectivity index (χ0n) is 15.6. The van der Waals surface area contributed by atoms with E-state index >= 15 is 0 Å². The molecule has 3 rings (SSSR count). The number of benzene rings is 2. The molecule has 0 aromatic heterocycles. The van der Waals surface area contributed by atoms with Crippen LogP contribution in [0.15, 0.2) is 41.0 Å². The van der Waals surface area contributed by atoms with Crippen molar-refractivity contribution in [3.05, 3.63) is 63.8 Å². The van der Waals surface area contributed by atoms with Crippen molar-refractivity contribution in [3.63, 3.8) is 0 Å². The van der Waals surface area contributed by atoms with Crippen LogP contribution in [0.5, 0.6) is 11.5 Å². The summed E-state index contributed by atoms with van der Waals surface area (Å²) in [4.78, 5) is 16.9. The normalized spacial score (nSPS) is 15.0. The van der Waals surface area contributed by atoms with Crippen LogP contribution in [0.4, 0.5) is 0 Å². The van der Waals surface area contributed by atoms with Crippen LogP contribution in [-0.2, 0) is 4.79 Å². The van der Waals surface area contributed by atoms with E-state index in [4.69, 9.17) is 9.47 Å². The summed E-state index contributed by atoms with van der Waals surface area (Å²) in [5.41, 5.74) is 5.63. The van der Waals surface area contributed by atoms with Crippen LogP contribution in [0, 0.1) is 20.8 Å². The lowest BCUT2D eigenvalue weighted by Crippen LogP contribution is -2.24. The van der Waals surface area contributed by atoms with Gasteiger partial charge in [-0.3, -0.25) is 4.79 Å². The lowest BCUT2D eigenvalue weighted by atomic mass is 9.99. The Kier molecular flexibility index (Phi) is 4.80. The van der Waals surface area contributed by atoms with Crippen LogP contribution in [0.1, 0.15) is 27.8 Å². The molecule has 2 aromatic carbocycles. The van der Waals surface area contributed by atoms with Crippen LogP contribution >= 0.6 is 0 Å². The van der Waals surface area contributed by atoms with E-state index in [0.29, 0.717) is 23.0 Å². The molecule has 0 radical (unpaired) electrons. The van der Waals surface area contributed by atoms with E-state index in [1.165, 1.54) is 5.56 Å². The number of ether oxygens (including phenoxy) is 2. The number of aryl methyl sites for hydroxylation is 3. The van der Waals surface area contributed by atoms with Crippen LogP contribution < -0.4 is 14.8 Å². The number of amidine groups is 1. The summed E-state index contributed by atoms with van der Waals surface area (Å²) in [6, 6.07) is 9.63. The number of carbonyl (C=O) groups excluding carboxylic acids is 1. The maximum absolute atomic E-state index is 12.4. The van der Waals surface area contributed by atoms with E-state index < -0.39 is 0 Å². The predicted molar refractivity (Wildman–Crippen MR) is 103 cm³/mol. The topological polar surface area (TPSA) is 59.9 Å². The molecule has 5 nitrogen and oxygen atoms in total. The zero-order valence-corrected chi connectivity index (χ0v) is 15.6. The Balaban J connectivity index is 2.00. The highest BCUT2D eigenvalue weighted by atomic mass is 16.5. The third kappa shape index (κ3) is 3.33. The Hall–Kier alpha value is -3.08. The summed E-state index contributed by atoms with van der Waals surface area (Å²) in [5.74, 6) is 1.51. The molecule has 1 aliphatic heterocycles. The highest BCUT2D eigenvalue weighted by Crippen LogP contribution is 2.29. The van der Waals surface area contributed by atoms with Crippen molar-refractivity contribution in [1.29, 1.82) is 0 Å². The number of hydrogen-bond donors (Lipinski definition) is 1. The monoisotopic (exact) mass is 350 g/mol. The number of rotatable bonds is 4. The van der Waals surface area contributed by atoms with Gasteiger partial charge in [-0.15, -0.1) is 0 Å². The molecule has 1 amide bonds. The largest absolute Gasteiger partial charge is 0.493 e. The van der Waals surface area contributed by atoms with Gasteiger partial charge in [0.2, 0.25) is 0 Å². The molecule has 134 valence electrons. The minimum atomic E-state index is -0.214. The molecule has 0 bridgehead atoms. The molecule has 1 heterocycles. The molecule has 0 unspecified atom stereocenters. The molecule has 0 spiro atoms. The first kappa shape index (κ1) is 17.7. The maximum atomic E-state index is 12.4. The van der Waals surface area contributed by atoms with Gasteiger partial charge in [-0.1, -0.05) is 17.7 Å². The van der Waals surface area contributed by atoms with E-state index in [0.717, 1.165) is 22.3 Å². The minimum absolute atomic E-state index is 0.214. The SMILES string of the molecule is COc1ccc(C2=N/C(=C\c3c(C)cc(C)cc3C)C(=O)N2)cc1OC. The van der Waals surface area contributed by atoms with Gasteiger partial charge in [0.1, 0.15) is 11.5 Å². The van der Waals surface area contributed by atoms with E-state index in [-0.39, 0.29) is 5.91 Å². The molecule has 2 aromatic rings. The average Bonchev–Trinajstić information content (AvgIpc) is 2.98. The van der Waals surface area contributed by atoms with E-state index in [2.05, 4.69) is 29.4 Å². The Morgan fingerprint density at radius 2 is 1.62 bits per heavy atom. The van der Waals surface area contributed by atoms with Crippen molar-refractivity contribution in [1.82, 2.24) is 5.32 Å². The molecule has 1 aliphatic rings. The van der Waals surface area contributed by atoms with Gasteiger partial charge in [0, 0.05) is 5.56 Å². The molecule has 26 heavy (non-hydrogen) atoms. The van der Waals surface area contributed by atoms with Gasteiger partial charge < -0.3 is 14.8 Å². The number of carbonyl (C=O) groups is 1. The highest BCUT2D eigenvalue weighted by molar-refractivity contribution is 6.20. The first-order valence-electron chi connectivity index (χ1n) is 8.35. The molecule has 0 fully saturated rings. The summed E-state index contributed by atoms with van der Waals surface area (Å²) < 4.78 is 10.6. The fourth-order valence-corrected chi connectivity index (χ4v) is 3.14. The summed E-state index contributed by atoms with van der Waals surface area (Å²) >= 11 is 0. The van der Waals surface area contributed by atoms with Gasteiger partial charge >= 0.3 is 0 Å². The molecule has 5 heteroatoms. The number of hydrogen-bond acceptors (Lipinski definition) is 4. The highest BCUT2D eigenvalue weighted by Gasteiger charge is 2.22. The summed E-state index contributed by atoms with van der Waals surface area (Å²) in [6.07, 6.45) is 1.84. The summed E-state index contributed by atoms with van der Waals surface area (Å²) in [7, 11) is 3.16. The number of methoxy groups -OCH3 is 2. The number of nitrogens with zero attached hydrogens (tertiary/aromatic N) is 1. The standard InChI is InChI=1S/C21H22N2O3/c1-12-8-13(2)16(14(3)9-12)11-17-21(24)23-20(22-17)15-6-7-18(25-4)19(10-15)26-5/h6-11H,1-5H3,(H,22,23,24)/b17-11-. The quantitative estimate of drug-likeness (QED) is 0.858. The predicted octanol–water partition coefficient (Wildman–Crippen LogP) is 3.55. The second-order valence-electron chi connectivity index (χ2n) is 6.33. The van der Waals surface area contributed by atoms with Gasteiger partial charge in [-0.2, -0.15) is 0 Å². The number of amides is 1. The van der Waals surface area contributed by atoms with Gasteiger partial charge in [-0.05, 0) is 61.7 Å². The molecule has 0 atom stereocenters. The molecule has 0 saturated carbocycles. The zero-order chi connectivity index (χ0) is 18.8. The summed E-state index contributed by atoms with van der Waals surface area (Å²) in [5, 5.41) is 2.83. The minimum Gasteiger partial charge on any atom is -0.493 e. The van der Waals surface area contributed by atoms with E-state index in [1.807, 2.05) is 26.0 Å². The van der Waals surface area contributed by atoms with Crippen molar-refractivity contribution in [2.24, 2.45) is 4.99 Å².